The van der Waals surface area contributed by atoms with E-state index in [9.17, 15) is 9.59 Å². The molecular weight excluding hydrogens is 218 g/mol. The molecule has 2 heterocycles. The van der Waals surface area contributed by atoms with Gasteiger partial charge < -0.3 is 11.1 Å². The highest BCUT2D eigenvalue weighted by Crippen LogP contribution is 2.30. The average molecular weight is 231 g/mol. The number of imide groups is 1. The van der Waals surface area contributed by atoms with Crippen LogP contribution in [0.1, 0.15) is 27.1 Å². The lowest BCUT2D eigenvalue weighted by atomic mass is 10.1. The molecule has 0 spiro atoms. The second kappa shape index (κ2) is 3.56. The third-order valence-corrected chi connectivity index (χ3v) is 3.38. The van der Waals surface area contributed by atoms with Gasteiger partial charge in [0.1, 0.15) is 0 Å². The number of anilines is 1. The topological polar surface area (TPSA) is 75.4 Å². The largest absolute Gasteiger partial charge is 0.398 e. The molecule has 5 nitrogen and oxygen atoms in total. The molecule has 2 aliphatic heterocycles. The molecule has 1 aromatic carbocycles. The van der Waals surface area contributed by atoms with Gasteiger partial charge in [0.15, 0.2) is 0 Å². The third-order valence-electron chi connectivity index (χ3n) is 3.38. The first-order valence-electron chi connectivity index (χ1n) is 5.67. The van der Waals surface area contributed by atoms with Crippen molar-refractivity contribution in [3.63, 3.8) is 0 Å². The first-order valence-corrected chi connectivity index (χ1v) is 5.67. The summed E-state index contributed by atoms with van der Waals surface area (Å²) in [5.41, 5.74) is 6.95. The van der Waals surface area contributed by atoms with Gasteiger partial charge in [-0.1, -0.05) is 6.07 Å². The molecule has 2 amide bonds. The van der Waals surface area contributed by atoms with Gasteiger partial charge in [-0.3, -0.25) is 14.5 Å². The van der Waals surface area contributed by atoms with Gasteiger partial charge in [0.2, 0.25) is 0 Å². The molecule has 3 N–H and O–H groups in total. The van der Waals surface area contributed by atoms with Crippen LogP contribution in [-0.4, -0.2) is 35.8 Å². The third kappa shape index (κ3) is 1.36. The number of rotatable bonds is 1. The lowest BCUT2D eigenvalue weighted by molar-refractivity contribution is 0.0597. The van der Waals surface area contributed by atoms with Gasteiger partial charge in [-0.2, -0.15) is 0 Å². The van der Waals surface area contributed by atoms with Gasteiger partial charge in [0.25, 0.3) is 11.8 Å². The van der Waals surface area contributed by atoms with Gasteiger partial charge in [-0.05, 0) is 25.1 Å². The standard InChI is InChI=1S/C12H13N3O2/c13-9-3-1-2-8-10(9)12(17)15(11(8)16)7-4-5-14-6-7/h1-3,7,14H,4-6,13H2. The Labute approximate surface area is 98.6 Å². The van der Waals surface area contributed by atoms with Crippen LogP contribution in [0.3, 0.4) is 0 Å². The molecule has 1 unspecified atom stereocenters. The predicted molar refractivity (Wildman–Crippen MR) is 62.6 cm³/mol. The van der Waals surface area contributed by atoms with Crippen LogP contribution < -0.4 is 11.1 Å². The van der Waals surface area contributed by atoms with Gasteiger partial charge in [0.05, 0.1) is 17.2 Å². The number of carbonyl (C=O) groups excluding carboxylic acids is 2. The van der Waals surface area contributed by atoms with E-state index < -0.39 is 0 Å². The van der Waals surface area contributed by atoms with E-state index in [-0.39, 0.29) is 17.9 Å². The van der Waals surface area contributed by atoms with Crippen molar-refractivity contribution in [1.82, 2.24) is 10.2 Å². The Morgan fingerprint density at radius 1 is 1.29 bits per heavy atom. The zero-order valence-corrected chi connectivity index (χ0v) is 9.27. The Hall–Kier alpha value is -1.88. The van der Waals surface area contributed by atoms with Crippen molar-refractivity contribution in [2.75, 3.05) is 18.8 Å². The molecule has 1 aromatic rings. The first kappa shape index (κ1) is 10.3. The Kier molecular flexibility index (Phi) is 2.16. The van der Waals surface area contributed by atoms with Crippen molar-refractivity contribution in [2.24, 2.45) is 0 Å². The van der Waals surface area contributed by atoms with Crippen LogP contribution in [0.5, 0.6) is 0 Å². The number of nitrogens with two attached hydrogens (primary N) is 1. The van der Waals surface area contributed by atoms with Gasteiger partial charge in [-0.15, -0.1) is 0 Å². The van der Waals surface area contributed by atoms with Crippen LogP contribution in [0.2, 0.25) is 0 Å². The lowest BCUT2D eigenvalue weighted by Crippen LogP contribution is -2.41. The lowest BCUT2D eigenvalue weighted by Gasteiger charge is -2.20. The monoisotopic (exact) mass is 231 g/mol. The Morgan fingerprint density at radius 2 is 2.12 bits per heavy atom. The maximum atomic E-state index is 12.2. The normalized spacial score (nSPS) is 23.3. The maximum absolute atomic E-state index is 12.2. The second-order valence-electron chi connectivity index (χ2n) is 4.40. The second-order valence-corrected chi connectivity index (χ2v) is 4.40. The molecule has 2 aliphatic rings. The summed E-state index contributed by atoms with van der Waals surface area (Å²) in [6.45, 7) is 1.51. The highest BCUT2D eigenvalue weighted by atomic mass is 16.2. The highest BCUT2D eigenvalue weighted by Gasteiger charge is 2.41. The van der Waals surface area contributed by atoms with E-state index in [0.29, 0.717) is 23.4 Å². The van der Waals surface area contributed by atoms with Crippen LogP contribution in [-0.2, 0) is 0 Å². The van der Waals surface area contributed by atoms with Crippen molar-refractivity contribution in [2.45, 2.75) is 12.5 Å². The number of nitrogens with zero attached hydrogens (tertiary/aromatic N) is 1. The van der Waals surface area contributed by atoms with Crippen LogP contribution in [0.15, 0.2) is 18.2 Å². The van der Waals surface area contributed by atoms with Gasteiger partial charge >= 0.3 is 0 Å². The molecule has 17 heavy (non-hydrogen) atoms. The SMILES string of the molecule is Nc1cccc2c1C(=O)N(C1CCNC1)C2=O. The smallest absolute Gasteiger partial charge is 0.263 e. The first-order chi connectivity index (χ1) is 8.20. The molecule has 0 aliphatic carbocycles. The zero-order valence-electron chi connectivity index (χ0n) is 9.27. The van der Waals surface area contributed by atoms with Crippen molar-refractivity contribution in [3.05, 3.63) is 29.3 Å². The summed E-state index contributed by atoms with van der Waals surface area (Å²) in [6.07, 6.45) is 0.811. The summed E-state index contributed by atoms with van der Waals surface area (Å²) in [5, 5.41) is 3.15. The summed E-state index contributed by atoms with van der Waals surface area (Å²) in [5.74, 6) is -0.470. The Balaban J connectivity index is 2.05. The van der Waals surface area contributed by atoms with E-state index in [0.717, 1.165) is 13.0 Å². The molecule has 5 heteroatoms. The summed E-state index contributed by atoms with van der Waals surface area (Å²) in [6, 6.07) is 4.98. The number of hydrogen-bond acceptors (Lipinski definition) is 4. The molecule has 1 saturated heterocycles. The molecule has 1 fully saturated rings. The van der Waals surface area contributed by atoms with Crippen LogP contribution >= 0.6 is 0 Å². The molecule has 3 rings (SSSR count). The minimum Gasteiger partial charge on any atom is -0.398 e. The minimum atomic E-state index is -0.253. The van der Waals surface area contributed by atoms with E-state index >= 15 is 0 Å². The fourth-order valence-corrected chi connectivity index (χ4v) is 2.52. The molecule has 1 atom stereocenters. The van der Waals surface area contributed by atoms with Crippen molar-refractivity contribution in [3.8, 4) is 0 Å². The van der Waals surface area contributed by atoms with E-state index in [2.05, 4.69) is 5.32 Å². The number of nitrogen functional groups attached to an aromatic ring is 1. The molecule has 0 saturated carbocycles. The molecule has 0 bridgehead atoms. The molecule has 88 valence electrons. The average Bonchev–Trinajstić information content (AvgIpc) is 2.88. The number of carbonyl (C=O) groups is 2. The summed E-state index contributed by atoms with van der Waals surface area (Å²) in [4.78, 5) is 25.7. The van der Waals surface area contributed by atoms with Crippen molar-refractivity contribution in [1.29, 1.82) is 0 Å². The Bertz CT molecular complexity index is 506. The number of benzene rings is 1. The predicted octanol–water partition coefficient (Wildman–Crippen LogP) is 0.227. The Morgan fingerprint density at radius 3 is 2.76 bits per heavy atom. The zero-order chi connectivity index (χ0) is 12.0. The van der Waals surface area contributed by atoms with E-state index in [1.165, 1.54) is 4.90 Å². The molecular formula is C12H13N3O2. The van der Waals surface area contributed by atoms with E-state index in [1.54, 1.807) is 18.2 Å². The van der Waals surface area contributed by atoms with Gasteiger partial charge in [0, 0.05) is 12.2 Å². The number of fused-ring (bicyclic) bond motifs is 1. The van der Waals surface area contributed by atoms with E-state index in [1.807, 2.05) is 0 Å². The fraction of sp³-hybridized carbons (Fsp3) is 0.333. The number of hydrogen-bond donors (Lipinski definition) is 2. The number of nitrogens with one attached hydrogen (secondary N) is 1. The molecule has 0 radical (unpaired) electrons. The quantitative estimate of drug-likeness (QED) is 0.536. The number of amides is 2. The summed E-state index contributed by atoms with van der Waals surface area (Å²) < 4.78 is 0. The van der Waals surface area contributed by atoms with Crippen LogP contribution in [0, 0.1) is 0 Å². The minimum absolute atomic E-state index is 0.0400. The van der Waals surface area contributed by atoms with Crippen molar-refractivity contribution >= 4 is 17.5 Å². The fourth-order valence-electron chi connectivity index (χ4n) is 2.52. The molecule has 0 aromatic heterocycles. The van der Waals surface area contributed by atoms with Crippen molar-refractivity contribution < 1.29 is 9.59 Å². The maximum Gasteiger partial charge on any atom is 0.263 e. The van der Waals surface area contributed by atoms with Crippen LogP contribution in [0.25, 0.3) is 0 Å². The summed E-state index contributed by atoms with van der Waals surface area (Å²) >= 11 is 0. The van der Waals surface area contributed by atoms with Crippen LogP contribution in [0.4, 0.5) is 5.69 Å². The van der Waals surface area contributed by atoms with Gasteiger partial charge in [-0.25, -0.2) is 0 Å². The van der Waals surface area contributed by atoms with E-state index in [4.69, 9.17) is 5.73 Å². The highest BCUT2D eigenvalue weighted by molar-refractivity contribution is 6.23. The summed E-state index contributed by atoms with van der Waals surface area (Å²) in [7, 11) is 0.